The Hall–Kier alpha value is -1.62. The Morgan fingerprint density at radius 2 is 2.35 bits per heavy atom. The summed E-state index contributed by atoms with van der Waals surface area (Å²) in [6.07, 6.45) is 3.33. The van der Waals surface area contributed by atoms with Gasteiger partial charge in [0.1, 0.15) is 5.56 Å². The Bertz CT molecular complexity index is 486. The molecule has 1 atom stereocenters. The predicted octanol–water partition coefficient (Wildman–Crippen LogP) is 1.21. The maximum absolute atomic E-state index is 11.5. The van der Waals surface area contributed by atoms with E-state index in [0.29, 0.717) is 6.61 Å². The molecule has 0 bridgehead atoms. The monoisotopic (exact) mass is 237 g/mol. The van der Waals surface area contributed by atoms with E-state index in [0.717, 1.165) is 25.1 Å². The maximum Gasteiger partial charge on any atom is 0.341 e. The molecule has 0 spiro atoms. The van der Waals surface area contributed by atoms with Gasteiger partial charge in [-0.05, 0) is 19.8 Å². The summed E-state index contributed by atoms with van der Waals surface area (Å²) in [6.45, 7) is 3.13. The number of hydrogen-bond acceptors (Lipinski definition) is 3. The second kappa shape index (κ2) is 4.71. The zero-order chi connectivity index (χ0) is 12.4. The SMILES string of the molecule is Cc1cc(=O)c(C(=O)O)cn1[C@H]1CCCOC1. The van der Waals surface area contributed by atoms with E-state index in [1.54, 1.807) is 0 Å². The van der Waals surface area contributed by atoms with Gasteiger partial charge in [0.05, 0.1) is 12.6 Å². The zero-order valence-electron chi connectivity index (χ0n) is 9.68. The molecular weight excluding hydrogens is 222 g/mol. The Labute approximate surface area is 98.6 Å². The largest absolute Gasteiger partial charge is 0.477 e. The van der Waals surface area contributed by atoms with E-state index in [1.807, 2.05) is 11.5 Å². The van der Waals surface area contributed by atoms with Crippen LogP contribution in [0.4, 0.5) is 0 Å². The van der Waals surface area contributed by atoms with Gasteiger partial charge >= 0.3 is 5.97 Å². The molecule has 92 valence electrons. The molecule has 1 aliphatic heterocycles. The summed E-state index contributed by atoms with van der Waals surface area (Å²) in [5.74, 6) is -1.18. The molecule has 0 saturated carbocycles. The Morgan fingerprint density at radius 3 is 2.94 bits per heavy atom. The van der Waals surface area contributed by atoms with Crippen LogP contribution >= 0.6 is 0 Å². The first-order valence-electron chi connectivity index (χ1n) is 5.63. The normalized spacial score (nSPS) is 20.2. The number of rotatable bonds is 2. The van der Waals surface area contributed by atoms with Gasteiger partial charge in [-0.15, -0.1) is 0 Å². The average Bonchev–Trinajstić information content (AvgIpc) is 2.29. The van der Waals surface area contributed by atoms with Crippen LogP contribution < -0.4 is 5.43 Å². The molecule has 0 radical (unpaired) electrons. The fraction of sp³-hybridized carbons (Fsp3) is 0.500. The first-order valence-corrected chi connectivity index (χ1v) is 5.63. The topological polar surface area (TPSA) is 68.5 Å². The molecule has 0 amide bonds. The molecule has 5 nitrogen and oxygen atoms in total. The highest BCUT2D eigenvalue weighted by molar-refractivity contribution is 5.87. The quantitative estimate of drug-likeness (QED) is 0.839. The lowest BCUT2D eigenvalue weighted by molar-refractivity contribution is 0.0576. The van der Waals surface area contributed by atoms with Crippen LogP contribution in [0.5, 0.6) is 0 Å². The number of aryl methyl sites for hydroxylation is 1. The lowest BCUT2D eigenvalue weighted by Gasteiger charge is -2.26. The zero-order valence-corrected chi connectivity index (χ0v) is 9.68. The van der Waals surface area contributed by atoms with E-state index in [9.17, 15) is 9.59 Å². The van der Waals surface area contributed by atoms with Gasteiger partial charge in [-0.25, -0.2) is 4.79 Å². The average molecular weight is 237 g/mol. The Morgan fingerprint density at radius 1 is 1.59 bits per heavy atom. The summed E-state index contributed by atoms with van der Waals surface area (Å²) < 4.78 is 7.21. The first-order chi connectivity index (χ1) is 8.09. The molecule has 1 saturated heterocycles. The molecule has 2 rings (SSSR count). The lowest BCUT2D eigenvalue weighted by Crippen LogP contribution is -2.26. The Kier molecular flexibility index (Phi) is 3.28. The van der Waals surface area contributed by atoms with Crippen molar-refractivity contribution in [1.82, 2.24) is 4.57 Å². The number of carboxylic acids is 1. The number of carbonyl (C=O) groups is 1. The van der Waals surface area contributed by atoms with Gasteiger partial charge in [0.15, 0.2) is 5.43 Å². The molecule has 2 heterocycles. The maximum atomic E-state index is 11.5. The van der Waals surface area contributed by atoms with Crippen molar-refractivity contribution >= 4 is 5.97 Å². The van der Waals surface area contributed by atoms with Gasteiger partial charge in [-0.2, -0.15) is 0 Å². The van der Waals surface area contributed by atoms with Gasteiger partial charge in [-0.1, -0.05) is 0 Å². The number of aromatic nitrogens is 1. The number of carboxylic acid groups (broad SMARTS) is 1. The summed E-state index contributed by atoms with van der Waals surface area (Å²) in [5, 5.41) is 8.93. The summed E-state index contributed by atoms with van der Waals surface area (Å²) in [5.41, 5.74) is 0.152. The van der Waals surface area contributed by atoms with Crippen LogP contribution in [0.3, 0.4) is 0 Å². The van der Waals surface area contributed by atoms with Crippen molar-refractivity contribution < 1.29 is 14.6 Å². The predicted molar refractivity (Wildman–Crippen MR) is 61.5 cm³/mol. The second-order valence-electron chi connectivity index (χ2n) is 4.28. The number of aromatic carboxylic acids is 1. The summed E-state index contributed by atoms with van der Waals surface area (Å²) >= 11 is 0. The van der Waals surface area contributed by atoms with E-state index < -0.39 is 11.4 Å². The molecule has 0 unspecified atom stereocenters. The molecular formula is C12H15NO4. The van der Waals surface area contributed by atoms with Crippen molar-refractivity contribution in [3.8, 4) is 0 Å². The summed E-state index contributed by atoms with van der Waals surface area (Å²) in [4.78, 5) is 22.4. The Balaban J connectivity index is 2.42. The highest BCUT2D eigenvalue weighted by Crippen LogP contribution is 2.20. The van der Waals surface area contributed by atoms with E-state index in [-0.39, 0.29) is 11.6 Å². The third kappa shape index (κ3) is 2.39. The summed E-state index contributed by atoms with van der Waals surface area (Å²) in [7, 11) is 0. The summed E-state index contributed by atoms with van der Waals surface area (Å²) in [6, 6.07) is 1.50. The molecule has 1 N–H and O–H groups in total. The van der Waals surface area contributed by atoms with Gasteiger partial charge in [-0.3, -0.25) is 4.79 Å². The van der Waals surface area contributed by atoms with Gasteiger partial charge in [0.25, 0.3) is 0 Å². The number of ether oxygens (including phenoxy) is 1. The van der Waals surface area contributed by atoms with Crippen LogP contribution in [0, 0.1) is 6.92 Å². The molecule has 0 aromatic carbocycles. The standard InChI is InChI=1S/C12H15NO4/c1-8-5-11(14)10(12(15)16)6-13(8)9-3-2-4-17-7-9/h5-6,9H,2-4,7H2,1H3,(H,15,16)/t9-/m0/s1. The minimum Gasteiger partial charge on any atom is -0.477 e. The van der Waals surface area contributed by atoms with Crippen molar-refractivity contribution in [3.05, 3.63) is 33.7 Å². The molecule has 5 heteroatoms. The molecule has 17 heavy (non-hydrogen) atoms. The van der Waals surface area contributed by atoms with Gasteiger partial charge in [0, 0.05) is 24.6 Å². The third-order valence-electron chi connectivity index (χ3n) is 3.04. The minimum atomic E-state index is -1.18. The highest BCUT2D eigenvalue weighted by atomic mass is 16.5. The van der Waals surface area contributed by atoms with E-state index in [1.165, 1.54) is 12.3 Å². The minimum absolute atomic E-state index is 0.127. The van der Waals surface area contributed by atoms with Crippen LogP contribution in [0.2, 0.25) is 0 Å². The third-order valence-corrected chi connectivity index (χ3v) is 3.04. The van der Waals surface area contributed by atoms with Crippen molar-refractivity contribution in [2.24, 2.45) is 0 Å². The van der Waals surface area contributed by atoms with Crippen LogP contribution in [0.15, 0.2) is 17.1 Å². The van der Waals surface area contributed by atoms with Crippen molar-refractivity contribution in [1.29, 1.82) is 0 Å². The first kappa shape index (κ1) is 11.9. The molecule has 1 fully saturated rings. The van der Waals surface area contributed by atoms with Crippen molar-refractivity contribution in [2.45, 2.75) is 25.8 Å². The van der Waals surface area contributed by atoms with Gasteiger partial charge < -0.3 is 14.4 Å². The van der Waals surface area contributed by atoms with E-state index in [4.69, 9.17) is 9.84 Å². The smallest absolute Gasteiger partial charge is 0.341 e. The van der Waals surface area contributed by atoms with Crippen LogP contribution in [0.25, 0.3) is 0 Å². The van der Waals surface area contributed by atoms with Crippen molar-refractivity contribution in [2.75, 3.05) is 13.2 Å². The number of nitrogens with zero attached hydrogens (tertiary/aromatic N) is 1. The van der Waals surface area contributed by atoms with E-state index in [2.05, 4.69) is 0 Å². The fourth-order valence-electron chi connectivity index (χ4n) is 2.14. The molecule has 1 aliphatic rings. The number of pyridine rings is 1. The molecule has 0 aliphatic carbocycles. The highest BCUT2D eigenvalue weighted by Gasteiger charge is 2.19. The van der Waals surface area contributed by atoms with Crippen LogP contribution in [-0.2, 0) is 4.74 Å². The number of hydrogen-bond donors (Lipinski definition) is 1. The second-order valence-corrected chi connectivity index (χ2v) is 4.28. The van der Waals surface area contributed by atoms with E-state index >= 15 is 0 Å². The van der Waals surface area contributed by atoms with Crippen LogP contribution in [0.1, 0.15) is 34.9 Å². The van der Waals surface area contributed by atoms with Crippen molar-refractivity contribution in [3.63, 3.8) is 0 Å². The van der Waals surface area contributed by atoms with Crippen LogP contribution in [-0.4, -0.2) is 28.9 Å². The molecule has 1 aromatic heterocycles. The van der Waals surface area contributed by atoms with Gasteiger partial charge in [0.2, 0.25) is 0 Å². The molecule has 1 aromatic rings. The lowest BCUT2D eigenvalue weighted by atomic mass is 10.1. The fourth-order valence-corrected chi connectivity index (χ4v) is 2.14.